The molecule has 38 heavy (non-hydrogen) atoms. The number of aliphatic imine (C=N–C) groups is 2. The summed E-state index contributed by atoms with van der Waals surface area (Å²) in [7, 11) is 0. The Balaban J connectivity index is 1.26. The highest BCUT2D eigenvalue weighted by Gasteiger charge is 2.30. The van der Waals surface area contributed by atoms with Crippen molar-refractivity contribution in [1.82, 2.24) is 24.8 Å². The van der Waals surface area contributed by atoms with E-state index < -0.39 is 0 Å². The lowest BCUT2D eigenvalue weighted by Crippen LogP contribution is -2.40. The van der Waals surface area contributed by atoms with Gasteiger partial charge in [0, 0.05) is 48.8 Å². The summed E-state index contributed by atoms with van der Waals surface area (Å²) in [6.45, 7) is 3.80. The van der Waals surface area contributed by atoms with Gasteiger partial charge >= 0.3 is 0 Å². The topological polar surface area (TPSA) is 114 Å². The first kappa shape index (κ1) is 23.8. The van der Waals surface area contributed by atoms with E-state index in [0.29, 0.717) is 49.0 Å². The Morgan fingerprint density at radius 1 is 1.08 bits per heavy atom. The fraction of sp³-hybridized carbons (Fsp3) is 0.286. The summed E-state index contributed by atoms with van der Waals surface area (Å²) in [6, 6.07) is 11.3. The Morgan fingerprint density at radius 2 is 1.89 bits per heavy atom. The molecule has 1 saturated heterocycles. The van der Waals surface area contributed by atoms with Crippen molar-refractivity contribution in [3.05, 3.63) is 65.5 Å². The van der Waals surface area contributed by atoms with E-state index in [0.717, 1.165) is 23.3 Å². The van der Waals surface area contributed by atoms with Gasteiger partial charge in [-0.15, -0.1) is 0 Å². The highest BCUT2D eigenvalue weighted by molar-refractivity contribution is 6.05. The van der Waals surface area contributed by atoms with Crippen molar-refractivity contribution in [2.75, 3.05) is 26.3 Å². The quantitative estimate of drug-likeness (QED) is 0.534. The second-order valence-corrected chi connectivity index (χ2v) is 9.25. The van der Waals surface area contributed by atoms with Crippen molar-refractivity contribution < 1.29 is 14.3 Å². The average Bonchev–Trinajstić information content (AvgIpc) is 3.58. The summed E-state index contributed by atoms with van der Waals surface area (Å²) in [5.41, 5.74) is 4.44. The number of aromatic nitrogens is 3. The van der Waals surface area contributed by atoms with Gasteiger partial charge in [0.25, 0.3) is 5.91 Å². The fourth-order valence-corrected chi connectivity index (χ4v) is 4.71. The minimum Gasteiger partial charge on any atom is -0.378 e. The number of hydrogen-bond acceptors (Lipinski definition) is 7. The van der Waals surface area contributed by atoms with Crippen molar-refractivity contribution in [1.29, 1.82) is 0 Å². The van der Waals surface area contributed by atoms with Crippen molar-refractivity contribution in [3.8, 4) is 23.1 Å². The largest absolute Gasteiger partial charge is 0.378 e. The predicted octanol–water partition coefficient (Wildman–Crippen LogP) is 2.11. The molecule has 0 bridgehead atoms. The van der Waals surface area contributed by atoms with Gasteiger partial charge in [0.1, 0.15) is 17.7 Å². The number of morpholine rings is 1. The van der Waals surface area contributed by atoms with Gasteiger partial charge in [-0.3, -0.25) is 14.6 Å². The molecule has 0 spiro atoms. The lowest BCUT2D eigenvalue weighted by atomic mass is 9.93. The molecule has 2 amide bonds. The summed E-state index contributed by atoms with van der Waals surface area (Å²) < 4.78 is 7.05. The molecule has 10 nitrogen and oxygen atoms in total. The summed E-state index contributed by atoms with van der Waals surface area (Å²) in [5, 5.41) is 7.51. The summed E-state index contributed by atoms with van der Waals surface area (Å²) in [5.74, 6) is 6.79. The lowest BCUT2D eigenvalue weighted by Gasteiger charge is -2.26. The van der Waals surface area contributed by atoms with Gasteiger partial charge in [-0.2, -0.15) is 5.10 Å². The number of carbonyl (C=O) groups is 2. The molecule has 6 rings (SSSR count). The van der Waals surface area contributed by atoms with Gasteiger partial charge in [-0.25, -0.2) is 14.5 Å². The van der Waals surface area contributed by atoms with Crippen LogP contribution in [0.5, 0.6) is 0 Å². The van der Waals surface area contributed by atoms with Gasteiger partial charge < -0.3 is 15.0 Å². The Kier molecular flexibility index (Phi) is 6.27. The zero-order valence-corrected chi connectivity index (χ0v) is 20.8. The molecule has 0 saturated carbocycles. The van der Waals surface area contributed by atoms with E-state index in [9.17, 15) is 9.59 Å². The Labute approximate surface area is 219 Å². The number of amidine groups is 1. The van der Waals surface area contributed by atoms with Crippen LogP contribution in [0.2, 0.25) is 0 Å². The predicted molar refractivity (Wildman–Crippen MR) is 142 cm³/mol. The smallest absolute Gasteiger partial charge is 0.254 e. The number of rotatable bonds is 2. The maximum atomic E-state index is 12.8. The normalized spacial score (nSPS) is 20.3. The Bertz CT molecular complexity index is 1570. The summed E-state index contributed by atoms with van der Waals surface area (Å²) in [4.78, 5) is 39.5. The first-order chi connectivity index (χ1) is 18.5. The van der Waals surface area contributed by atoms with Crippen LogP contribution >= 0.6 is 0 Å². The van der Waals surface area contributed by atoms with Crippen molar-refractivity contribution in [2.45, 2.75) is 19.5 Å². The fourth-order valence-electron chi connectivity index (χ4n) is 4.71. The number of amides is 2. The molecule has 2 aromatic heterocycles. The molecular formula is C28H25N7O3. The molecule has 5 heterocycles. The minimum atomic E-state index is -0.267. The summed E-state index contributed by atoms with van der Waals surface area (Å²) >= 11 is 0. The van der Waals surface area contributed by atoms with Crippen molar-refractivity contribution >= 4 is 29.5 Å². The SMILES string of the molecule is CC(=O)NC1=NC2N=CCC2C(C#Cc2cnc3ccc(-c4ccc(C(=O)N5CCOCC5)cc4)nn23)=C1. The zero-order valence-electron chi connectivity index (χ0n) is 20.8. The highest BCUT2D eigenvalue weighted by atomic mass is 16.5. The van der Waals surface area contributed by atoms with Crippen molar-refractivity contribution in [2.24, 2.45) is 15.9 Å². The third kappa shape index (κ3) is 4.71. The number of nitrogens with one attached hydrogen (secondary N) is 1. The van der Waals surface area contributed by atoms with Crippen LogP contribution in [0.1, 0.15) is 29.4 Å². The molecule has 190 valence electrons. The van der Waals surface area contributed by atoms with Crippen LogP contribution < -0.4 is 5.32 Å². The van der Waals surface area contributed by atoms with E-state index in [1.165, 1.54) is 6.92 Å². The van der Waals surface area contributed by atoms with Gasteiger partial charge in [-0.05, 0) is 42.7 Å². The van der Waals surface area contributed by atoms with E-state index in [1.54, 1.807) is 10.7 Å². The molecule has 2 unspecified atom stereocenters. The van der Waals surface area contributed by atoms with Crippen LogP contribution in [0.15, 0.2) is 64.2 Å². The van der Waals surface area contributed by atoms with Crippen LogP contribution in [0.25, 0.3) is 16.9 Å². The van der Waals surface area contributed by atoms with Crippen LogP contribution in [0.3, 0.4) is 0 Å². The zero-order chi connectivity index (χ0) is 26.1. The molecule has 1 N–H and O–H groups in total. The van der Waals surface area contributed by atoms with E-state index >= 15 is 0 Å². The van der Waals surface area contributed by atoms with E-state index in [-0.39, 0.29) is 23.9 Å². The number of nitrogens with zero attached hydrogens (tertiary/aromatic N) is 6. The van der Waals surface area contributed by atoms with Crippen LogP contribution in [-0.2, 0) is 9.53 Å². The number of carbonyl (C=O) groups excluding carboxylic acids is 2. The van der Waals surface area contributed by atoms with E-state index in [2.05, 4.69) is 32.1 Å². The third-order valence-electron chi connectivity index (χ3n) is 6.67. The molecule has 10 heteroatoms. The van der Waals surface area contributed by atoms with Crippen LogP contribution in [-0.4, -0.2) is 75.8 Å². The molecule has 3 aliphatic rings. The first-order valence-corrected chi connectivity index (χ1v) is 12.5. The van der Waals surface area contributed by atoms with Crippen LogP contribution in [0.4, 0.5) is 0 Å². The highest BCUT2D eigenvalue weighted by Crippen LogP contribution is 2.29. The number of imidazole rings is 1. The molecule has 0 radical (unpaired) electrons. The average molecular weight is 508 g/mol. The minimum absolute atomic E-state index is 0.00839. The maximum Gasteiger partial charge on any atom is 0.254 e. The van der Waals surface area contributed by atoms with Gasteiger partial charge in [0.05, 0.1) is 25.1 Å². The first-order valence-electron chi connectivity index (χ1n) is 12.5. The molecule has 1 aromatic carbocycles. The lowest BCUT2D eigenvalue weighted by molar-refractivity contribution is -0.117. The summed E-state index contributed by atoms with van der Waals surface area (Å²) in [6.07, 6.45) is 5.84. The second-order valence-electron chi connectivity index (χ2n) is 9.25. The molecule has 0 aliphatic carbocycles. The van der Waals surface area contributed by atoms with E-state index in [4.69, 9.17) is 9.84 Å². The van der Waals surface area contributed by atoms with Gasteiger partial charge in [0.2, 0.25) is 5.91 Å². The number of benzene rings is 1. The van der Waals surface area contributed by atoms with E-state index in [1.807, 2.05) is 53.6 Å². The van der Waals surface area contributed by atoms with Gasteiger partial charge in [0.15, 0.2) is 5.65 Å². The Morgan fingerprint density at radius 3 is 2.68 bits per heavy atom. The third-order valence-corrected chi connectivity index (χ3v) is 6.67. The number of dihydropyridines is 1. The number of ether oxygens (including phenoxy) is 1. The number of hydrogen-bond donors (Lipinski definition) is 1. The monoisotopic (exact) mass is 507 g/mol. The maximum absolute atomic E-state index is 12.8. The Hall–Kier alpha value is -4.62. The second kappa shape index (κ2) is 10.0. The van der Waals surface area contributed by atoms with Gasteiger partial charge in [-0.1, -0.05) is 18.1 Å². The molecule has 1 fully saturated rings. The van der Waals surface area contributed by atoms with Crippen molar-refractivity contribution in [3.63, 3.8) is 0 Å². The van der Waals surface area contributed by atoms with Crippen LogP contribution in [0, 0.1) is 17.8 Å². The molecular weight excluding hydrogens is 482 g/mol. The standard InChI is InChI=1S/C28H25N7O3/c1-18(36)31-25-16-21(23-10-11-29-27(23)32-25)6-7-22-17-30-26-9-8-24(33-35(22)26)19-2-4-20(5-3-19)28(37)34-12-14-38-15-13-34/h2-5,8-9,11,16-17,23,27H,10,12-15H2,1H3,(H,31,32,36). The number of fused-ring (bicyclic) bond motifs is 2. The molecule has 3 aromatic rings. The molecule has 2 atom stereocenters. The molecule has 3 aliphatic heterocycles.